The van der Waals surface area contributed by atoms with Gasteiger partial charge in [-0.15, -0.1) is 0 Å². The van der Waals surface area contributed by atoms with Crippen molar-refractivity contribution in [1.82, 2.24) is 10.2 Å². The number of aliphatic hydroxyl groups is 2. The summed E-state index contributed by atoms with van der Waals surface area (Å²) in [7, 11) is 0. The molecule has 2 atom stereocenters. The van der Waals surface area contributed by atoms with Gasteiger partial charge in [0.05, 0.1) is 18.8 Å². The van der Waals surface area contributed by atoms with Gasteiger partial charge in [0, 0.05) is 13.1 Å². The van der Waals surface area contributed by atoms with Crippen molar-refractivity contribution >= 4 is 6.09 Å². The maximum absolute atomic E-state index is 10.5. The molecule has 2 aliphatic rings. The zero-order valence-electron chi connectivity index (χ0n) is 10.5. The van der Waals surface area contributed by atoms with Crippen molar-refractivity contribution in [2.24, 2.45) is 5.41 Å². The summed E-state index contributed by atoms with van der Waals surface area (Å²) in [5, 5.41) is 30.0. The van der Waals surface area contributed by atoms with Crippen molar-refractivity contribution in [2.75, 3.05) is 26.2 Å². The van der Waals surface area contributed by atoms with Gasteiger partial charge >= 0.3 is 6.09 Å². The van der Waals surface area contributed by atoms with E-state index in [0.29, 0.717) is 19.5 Å². The first-order chi connectivity index (χ1) is 8.55. The van der Waals surface area contributed by atoms with Gasteiger partial charge in [0.15, 0.2) is 0 Å². The number of hydrogen-bond donors (Lipinski definition) is 4. The number of amides is 1. The number of aliphatic hydroxyl groups excluding tert-OH is 2. The molecule has 1 amide bonds. The molecule has 1 heterocycles. The summed E-state index contributed by atoms with van der Waals surface area (Å²) in [6, 6.07) is -0.420. The van der Waals surface area contributed by atoms with Crippen LogP contribution in [0.15, 0.2) is 0 Å². The Hall–Kier alpha value is -0.850. The van der Waals surface area contributed by atoms with E-state index in [0.717, 1.165) is 25.8 Å². The summed E-state index contributed by atoms with van der Waals surface area (Å²) < 4.78 is 0. The maximum Gasteiger partial charge on any atom is 0.404 e. The molecule has 1 aliphatic heterocycles. The highest BCUT2D eigenvalue weighted by Gasteiger charge is 2.50. The summed E-state index contributed by atoms with van der Waals surface area (Å²) in [4.78, 5) is 12.6. The van der Waals surface area contributed by atoms with Crippen LogP contribution in [0.5, 0.6) is 0 Å². The van der Waals surface area contributed by atoms with Crippen molar-refractivity contribution < 1.29 is 20.1 Å². The lowest BCUT2D eigenvalue weighted by Crippen LogP contribution is -2.47. The molecule has 1 aliphatic carbocycles. The lowest BCUT2D eigenvalue weighted by Gasteiger charge is -2.36. The summed E-state index contributed by atoms with van der Waals surface area (Å²) >= 11 is 0. The van der Waals surface area contributed by atoms with Crippen molar-refractivity contribution in [3.63, 3.8) is 0 Å². The minimum atomic E-state index is -1.11. The van der Waals surface area contributed by atoms with Gasteiger partial charge in [0.2, 0.25) is 0 Å². The molecule has 1 saturated carbocycles. The van der Waals surface area contributed by atoms with E-state index in [1.165, 1.54) is 0 Å². The van der Waals surface area contributed by atoms with Crippen LogP contribution in [-0.4, -0.2) is 64.7 Å². The predicted octanol–water partition coefficient (Wildman–Crippen LogP) is -0.148. The monoisotopic (exact) mass is 258 g/mol. The fourth-order valence-electron chi connectivity index (χ4n) is 2.75. The fourth-order valence-corrected chi connectivity index (χ4v) is 2.75. The van der Waals surface area contributed by atoms with Gasteiger partial charge in [-0.3, -0.25) is 0 Å². The molecule has 0 aromatic rings. The van der Waals surface area contributed by atoms with Gasteiger partial charge in [-0.1, -0.05) is 0 Å². The Morgan fingerprint density at radius 1 is 1.44 bits per heavy atom. The lowest BCUT2D eigenvalue weighted by atomic mass is 9.90. The molecular weight excluding hydrogens is 236 g/mol. The van der Waals surface area contributed by atoms with Crippen molar-refractivity contribution in [2.45, 2.75) is 37.8 Å². The average Bonchev–Trinajstić information content (AvgIpc) is 3.10. The van der Waals surface area contributed by atoms with Crippen LogP contribution in [-0.2, 0) is 0 Å². The van der Waals surface area contributed by atoms with Crippen LogP contribution in [0.3, 0.4) is 0 Å². The molecule has 0 bridgehead atoms. The number of nitrogens with one attached hydrogen (secondary N) is 1. The number of rotatable bonds is 5. The van der Waals surface area contributed by atoms with Crippen LogP contribution < -0.4 is 5.32 Å². The zero-order valence-corrected chi connectivity index (χ0v) is 10.5. The van der Waals surface area contributed by atoms with Crippen LogP contribution in [0.25, 0.3) is 0 Å². The van der Waals surface area contributed by atoms with Crippen molar-refractivity contribution in [1.29, 1.82) is 0 Å². The second-order valence-corrected chi connectivity index (χ2v) is 5.55. The van der Waals surface area contributed by atoms with Crippen molar-refractivity contribution in [3.05, 3.63) is 0 Å². The van der Waals surface area contributed by atoms with E-state index in [9.17, 15) is 9.90 Å². The Kier molecular flexibility index (Phi) is 4.09. The molecule has 6 nitrogen and oxygen atoms in total. The number of hydrogen-bond acceptors (Lipinski definition) is 4. The lowest BCUT2D eigenvalue weighted by molar-refractivity contribution is 0.00679. The second-order valence-electron chi connectivity index (χ2n) is 5.55. The van der Waals surface area contributed by atoms with Crippen LogP contribution in [0.2, 0.25) is 0 Å². The third-order valence-corrected chi connectivity index (χ3v) is 4.30. The molecular formula is C12H22N2O4. The van der Waals surface area contributed by atoms with E-state index >= 15 is 0 Å². The number of carboxylic acid groups (broad SMARTS) is 1. The van der Waals surface area contributed by atoms with Crippen molar-refractivity contribution in [3.8, 4) is 0 Å². The number of β-amino-alcohol motifs (C(OH)–C–C–N with tert-alkyl or cyclic N) is 1. The molecule has 0 radical (unpaired) electrons. The molecule has 0 aromatic carbocycles. The Morgan fingerprint density at radius 3 is 2.67 bits per heavy atom. The molecule has 104 valence electrons. The minimum absolute atomic E-state index is 0.188. The van der Waals surface area contributed by atoms with Gasteiger partial charge in [-0.2, -0.15) is 0 Å². The number of piperidine rings is 1. The summed E-state index contributed by atoms with van der Waals surface area (Å²) in [5.41, 5.74) is 0.201. The highest BCUT2D eigenvalue weighted by molar-refractivity contribution is 5.64. The standard InChI is InChI=1S/C12H22N2O4/c15-8-9(13-11(17)18)1-5-14-6-4-12(2-3-12)10(16)7-14/h9-10,13,15-16H,1-8H2,(H,17,18)/t9-,10+/m0/s1. The molecule has 1 saturated heterocycles. The highest BCUT2D eigenvalue weighted by atomic mass is 16.4. The molecule has 0 unspecified atom stereocenters. The summed E-state index contributed by atoms with van der Waals surface area (Å²) in [5.74, 6) is 0. The number of likely N-dealkylation sites (tertiary alicyclic amines) is 1. The summed E-state index contributed by atoms with van der Waals surface area (Å²) in [6.07, 6.45) is 2.53. The van der Waals surface area contributed by atoms with E-state index in [2.05, 4.69) is 10.2 Å². The Bertz CT molecular complexity index is 306. The predicted molar refractivity (Wildman–Crippen MR) is 65.4 cm³/mol. The van der Waals surface area contributed by atoms with Crippen LogP contribution in [0.1, 0.15) is 25.7 Å². The van der Waals surface area contributed by atoms with Crippen LogP contribution in [0, 0.1) is 5.41 Å². The largest absolute Gasteiger partial charge is 0.465 e. The van der Waals surface area contributed by atoms with Gasteiger partial charge in [0.1, 0.15) is 0 Å². The van der Waals surface area contributed by atoms with E-state index in [1.807, 2.05) is 0 Å². The third kappa shape index (κ3) is 3.13. The van der Waals surface area contributed by atoms with Crippen LogP contribution >= 0.6 is 0 Å². The SMILES string of the molecule is O=C(O)N[C@H](CO)CCN1CCC2(CC2)[C@H](O)C1. The molecule has 6 heteroatoms. The first kappa shape index (κ1) is 13.6. The Morgan fingerprint density at radius 2 is 2.17 bits per heavy atom. The van der Waals surface area contributed by atoms with Gasteiger partial charge in [-0.25, -0.2) is 4.79 Å². The quantitative estimate of drug-likeness (QED) is 0.550. The average molecular weight is 258 g/mol. The summed E-state index contributed by atoms with van der Waals surface area (Å²) in [6.45, 7) is 2.15. The smallest absolute Gasteiger partial charge is 0.404 e. The fraction of sp³-hybridized carbons (Fsp3) is 0.917. The minimum Gasteiger partial charge on any atom is -0.465 e. The topological polar surface area (TPSA) is 93.0 Å². The van der Waals surface area contributed by atoms with Gasteiger partial charge in [0.25, 0.3) is 0 Å². The zero-order chi connectivity index (χ0) is 13.2. The van der Waals surface area contributed by atoms with E-state index in [-0.39, 0.29) is 18.1 Å². The third-order valence-electron chi connectivity index (χ3n) is 4.30. The number of nitrogens with zero attached hydrogens (tertiary/aromatic N) is 1. The molecule has 4 N–H and O–H groups in total. The van der Waals surface area contributed by atoms with E-state index in [4.69, 9.17) is 10.2 Å². The first-order valence-electron chi connectivity index (χ1n) is 6.56. The Labute approximate surface area is 107 Å². The van der Waals surface area contributed by atoms with E-state index in [1.54, 1.807) is 0 Å². The molecule has 2 rings (SSSR count). The normalized spacial score (nSPS) is 28.0. The number of carbonyl (C=O) groups is 1. The van der Waals surface area contributed by atoms with E-state index < -0.39 is 12.1 Å². The molecule has 2 fully saturated rings. The molecule has 0 aromatic heterocycles. The Balaban J connectivity index is 1.71. The van der Waals surface area contributed by atoms with Gasteiger partial charge in [-0.05, 0) is 37.6 Å². The molecule has 18 heavy (non-hydrogen) atoms. The maximum atomic E-state index is 10.5. The molecule has 1 spiro atoms. The van der Waals surface area contributed by atoms with Crippen LogP contribution in [0.4, 0.5) is 4.79 Å². The van der Waals surface area contributed by atoms with Gasteiger partial charge < -0.3 is 25.5 Å². The highest BCUT2D eigenvalue weighted by Crippen LogP contribution is 2.53. The first-order valence-corrected chi connectivity index (χ1v) is 6.56. The second kappa shape index (κ2) is 5.42.